The van der Waals surface area contributed by atoms with Crippen molar-refractivity contribution in [1.82, 2.24) is 10.2 Å². The molecule has 0 atom stereocenters. The van der Waals surface area contributed by atoms with Crippen LogP contribution in [0.3, 0.4) is 0 Å². The van der Waals surface area contributed by atoms with Crippen LogP contribution in [0, 0.1) is 6.92 Å². The van der Waals surface area contributed by atoms with E-state index in [1.165, 1.54) is 7.11 Å². The number of alkyl halides is 3. The van der Waals surface area contributed by atoms with E-state index in [4.69, 9.17) is 21.1 Å². The lowest BCUT2D eigenvalue weighted by Crippen LogP contribution is -2.09. The molecule has 0 aliphatic heterocycles. The van der Waals surface area contributed by atoms with Crippen molar-refractivity contribution in [3.8, 4) is 17.0 Å². The second-order valence-electron chi connectivity index (χ2n) is 5.86. The van der Waals surface area contributed by atoms with Crippen molar-refractivity contribution in [1.29, 1.82) is 0 Å². The Hall–Kier alpha value is -1.86. The highest BCUT2D eigenvalue weighted by molar-refractivity contribution is 6.30. The summed E-state index contributed by atoms with van der Waals surface area (Å²) in [4.78, 5) is 0. The quantitative estimate of drug-likeness (QED) is 0.736. The number of halogens is 4. The van der Waals surface area contributed by atoms with Gasteiger partial charge in [-0.1, -0.05) is 11.6 Å². The number of nitrogens with zero attached hydrogens (tertiary/aromatic N) is 2. The minimum absolute atomic E-state index is 0.0693. The van der Waals surface area contributed by atoms with Crippen LogP contribution in [0.2, 0.25) is 5.15 Å². The number of fused-ring (bicyclic) bond motifs is 1. The average molecular weight is 373 g/mol. The first kappa shape index (κ1) is 17.9. The van der Waals surface area contributed by atoms with E-state index in [2.05, 4.69) is 10.2 Å². The van der Waals surface area contributed by atoms with Gasteiger partial charge in [0.25, 0.3) is 0 Å². The van der Waals surface area contributed by atoms with Crippen molar-refractivity contribution in [2.75, 3.05) is 13.9 Å². The number of methoxy groups -OCH3 is 1. The fourth-order valence-electron chi connectivity index (χ4n) is 3.11. The van der Waals surface area contributed by atoms with E-state index in [1.807, 2.05) is 0 Å². The maximum absolute atomic E-state index is 13.1. The minimum atomic E-state index is -4.47. The van der Waals surface area contributed by atoms with Crippen molar-refractivity contribution < 1.29 is 22.6 Å². The Balaban J connectivity index is 2.20. The van der Waals surface area contributed by atoms with Crippen LogP contribution < -0.4 is 4.74 Å². The van der Waals surface area contributed by atoms with Crippen molar-refractivity contribution in [2.45, 2.75) is 32.4 Å². The van der Waals surface area contributed by atoms with E-state index in [1.54, 1.807) is 6.92 Å². The van der Waals surface area contributed by atoms with Crippen LogP contribution in [0.15, 0.2) is 12.1 Å². The molecule has 0 radical (unpaired) electrons. The normalized spacial score (nSPS) is 13.8. The smallest absolute Gasteiger partial charge is 0.416 e. The molecule has 1 heterocycles. The van der Waals surface area contributed by atoms with E-state index >= 15 is 0 Å². The molecule has 0 bridgehead atoms. The maximum atomic E-state index is 13.1. The Labute approximate surface area is 147 Å². The van der Waals surface area contributed by atoms with Gasteiger partial charge in [-0.15, -0.1) is 10.2 Å². The molecule has 1 aliphatic rings. The minimum Gasteiger partial charge on any atom is -0.467 e. The molecule has 0 N–H and O–H groups in total. The lowest BCUT2D eigenvalue weighted by atomic mass is 9.96. The summed E-state index contributed by atoms with van der Waals surface area (Å²) in [6.07, 6.45) is -2.03. The number of aromatic nitrogens is 2. The van der Waals surface area contributed by atoms with Gasteiger partial charge in [0.1, 0.15) is 11.4 Å². The molecular formula is C17H16ClF3N2O2. The van der Waals surface area contributed by atoms with Gasteiger partial charge in [-0.2, -0.15) is 13.2 Å². The number of hydrogen-bond acceptors (Lipinski definition) is 4. The van der Waals surface area contributed by atoms with Gasteiger partial charge < -0.3 is 9.47 Å². The molecule has 1 aliphatic carbocycles. The summed E-state index contributed by atoms with van der Waals surface area (Å²) in [5.41, 5.74) is 2.47. The van der Waals surface area contributed by atoms with E-state index in [9.17, 15) is 13.2 Å². The number of hydrogen-bond donors (Lipinski definition) is 0. The Morgan fingerprint density at radius 1 is 1.16 bits per heavy atom. The summed E-state index contributed by atoms with van der Waals surface area (Å²) >= 11 is 6.10. The molecular weight excluding hydrogens is 357 g/mol. The van der Waals surface area contributed by atoms with Crippen LogP contribution in [0.4, 0.5) is 13.2 Å². The Bertz CT molecular complexity index is 809. The number of ether oxygens (including phenoxy) is 2. The van der Waals surface area contributed by atoms with Crippen LogP contribution >= 0.6 is 11.6 Å². The molecule has 134 valence electrons. The van der Waals surface area contributed by atoms with Crippen molar-refractivity contribution >= 4 is 11.6 Å². The van der Waals surface area contributed by atoms with E-state index < -0.39 is 11.7 Å². The third-order valence-electron chi connectivity index (χ3n) is 4.19. The Morgan fingerprint density at radius 3 is 2.56 bits per heavy atom. The maximum Gasteiger partial charge on any atom is 0.416 e. The second kappa shape index (κ2) is 6.80. The first-order chi connectivity index (χ1) is 11.8. The summed E-state index contributed by atoms with van der Waals surface area (Å²) < 4.78 is 49.7. The Kier molecular flexibility index (Phi) is 4.88. The van der Waals surface area contributed by atoms with E-state index in [-0.39, 0.29) is 12.5 Å². The summed E-state index contributed by atoms with van der Waals surface area (Å²) in [5.74, 6) is 0.0693. The van der Waals surface area contributed by atoms with Crippen LogP contribution in [0.5, 0.6) is 5.75 Å². The van der Waals surface area contributed by atoms with Crippen molar-refractivity contribution in [2.24, 2.45) is 0 Å². The fourth-order valence-corrected chi connectivity index (χ4v) is 3.35. The molecule has 2 aromatic rings. The third-order valence-corrected chi connectivity index (χ3v) is 4.49. The molecule has 0 unspecified atom stereocenters. The molecule has 1 aromatic carbocycles. The van der Waals surface area contributed by atoms with Crippen molar-refractivity contribution in [3.05, 3.63) is 39.5 Å². The van der Waals surface area contributed by atoms with Gasteiger partial charge in [0.15, 0.2) is 11.9 Å². The largest absolute Gasteiger partial charge is 0.467 e. The highest BCUT2D eigenvalue weighted by Crippen LogP contribution is 2.42. The number of aryl methyl sites for hydroxylation is 1. The summed E-state index contributed by atoms with van der Waals surface area (Å²) in [7, 11) is 1.40. The predicted molar refractivity (Wildman–Crippen MR) is 86.7 cm³/mol. The van der Waals surface area contributed by atoms with Gasteiger partial charge >= 0.3 is 6.18 Å². The number of rotatable bonds is 4. The zero-order valence-electron chi connectivity index (χ0n) is 13.7. The van der Waals surface area contributed by atoms with Crippen LogP contribution in [0.25, 0.3) is 11.3 Å². The zero-order chi connectivity index (χ0) is 18.2. The predicted octanol–water partition coefficient (Wildman–Crippen LogP) is 4.60. The van der Waals surface area contributed by atoms with Crippen molar-refractivity contribution in [3.63, 3.8) is 0 Å². The van der Waals surface area contributed by atoms with Gasteiger partial charge in [0.05, 0.1) is 5.56 Å². The van der Waals surface area contributed by atoms with Crippen LogP contribution in [0.1, 0.15) is 28.7 Å². The fraction of sp³-hybridized carbons (Fsp3) is 0.412. The molecule has 0 saturated heterocycles. The van der Waals surface area contributed by atoms with Crippen LogP contribution in [-0.2, 0) is 23.8 Å². The first-order valence-corrected chi connectivity index (χ1v) is 8.08. The van der Waals surface area contributed by atoms with Gasteiger partial charge in [0.2, 0.25) is 0 Å². The SMILES string of the molecule is COCOc1cc(C(F)(F)F)cc(C)c1-c1nnc(Cl)c2c1CCC2. The topological polar surface area (TPSA) is 44.2 Å². The lowest BCUT2D eigenvalue weighted by molar-refractivity contribution is -0.137. The molecule has 8 heteroatoms. The summed E-state index contributed by atoms with van der Waals surface area (Å²) in [6, 6.07) is 2.06. The molecule has 0 fully saturated rings. The molecule has 1 aromatic heterocycles. The molecule has 0 amide bonds. The second-order valence-corrected chi connectivity index (χ2v) is 6.22. The van der Waals surface area contributed by atoms with E-state index in [0.29, 0.717) is 22.0 Å². The van der Waals surface area contributed by atoms with Gasteiger partial charge in [0, 0.05) is 12.7 Å². The molecule has 3 rings (SSSR count). The third kappa shape index (κ3) is 3.43. The molecule has 4 nitrogen and oxygen atoms in total. The molecule has 0 saturated carbocycles. The Morgan fingerprint density at radius 2 is 1.88 bits per heavy atom. The van der Waals surface area contributed by atoms with E-state index in [0.717, 1.165) is 42.5 Å². The van der Waals surface area contributed by atoms with Gasteiger partial charge in [-0.05, 0) is 55.0 Å². The highest BCUT2D eigenvalue weighted by Gasteiger charge is 2.33. The summed E-state index contributed by atoms with van der Waals surface area (Å²) in [5, 5.41) is 8.47. The standard InChI is InChI=1S/C17H16ClF3N2O2/c1-9-6-10(17(19,20)21)7-13(25-8-24-2)14(9)15-11-4-3-5-12(11)16(18)23-22-15/h6-7H,3-5,8H2,1-2H3. The van der Waals surface area contributed by atoms with Crippen LogP contribution in [-0.4, -0.2) is 24.1 Å². The highest BCUT2D eigenvalue weighted by atomic mass is 35.5. The first-order valence-electron chi connectivity index (χ1n) is 7.70. The number of benzene rings is 1. The van der Waals surface area contributed by atoms with Gasteiger partial charge in [-0.3, -0.25) is 0 Å². The summed E-state index contributed by atoms with van der Waals surface area (Å²) in [6.45, 7) is 1.43. The van der Waals surface area contributed by atoms with Gasteiger partial charge in [-0.25, -0.2) is 0 Å². The zero-order valence-corrected chi connectivity index (χ0v) is 14.5. The lowest BCUT2D eigenvalue weighted by Gasteiger charge is -2.18. The average Bonchev–Trinajstić information content (AvgIpc) is 3.03. The monoisotopic (exact) mass is 372 g/mol. The molecule has 0 spiro atoms. The molecule has 25 heavy (non-hydrogen) atoms.